The van der Waals surface area contributed by atoms with Crippen molar-refractivity contribution in [2.75, 3.05) is 13.1 Å². The van der Waals surface area contributed by atoms with E-state index in [2.05, 4.69) is 9.88 Å². The number of hydrogen-bond acceptors (Lipinski definition) is 4. The standard InChI is InChI=1S/C17H18N2O2S2/c20-23(21,17-6-3-11-22-17)16-12-19(13-7-9-18-10-8-13)15-5-2-1-4-14(15)16/h1-6,11-13,18H,7-10H2. The number of nitrogens with one attached hydrogen (secondary N) is 1. The summed E-state index contributed by atoms with van der Waals surface area (Å²) in [5, 5.41) is 5.99. The molecule has 0 aliphatic carbocycles. The lowest BCUT2D eigenvalue weighted by molar-refractivity contribution is 0.375. The van der Waals surface area contributed by atoms with Gasteiger partial charge < -0.3 is 9.88 Å². The normalized spacial score (nSPS) is 16.9. The monoisotopic (exact) mass is 346 g/mol. The number of para-hydroxylation sites is 1. The van der Waals surface area contributed by atoms with Crippen molar-refractivity contribution in [2.45, 2.75) is 28.0 Å². The van der Waals surface area contributed by atoms with Gasteiger partial charge in [0.05, 0.1) is 4.90 Å². The highest BCUT2D eigenvalue weighted by Crippen LogP contribution is 2.35. The van der Waals surface area contributed by atoms with E-state index in [9.17, 15) is 8.42 Å². The van der Waals surface area contributed by atoms with Crippen molar-refractivity contribution >= 4 is 32.1 Å². The summed E-state index contributed by atoms with van der Waals surface area (Å²) in [7, 11) is -3.46. The highest BCUT2D eigenvalue weighted by Gasteiger charge is 2.26. The van der Waals surface area contributed by atoms with Crippen LogP contribution in [-0.4, -0.2) is 26.1 Å². The Labute approximate surface area is 139 Å². The number of piperidine rings is 1. The van der Waals surface area contributed by atoms with Crippen LogP contribution < -0.4 is 5.32 Å². The first-order chi connectivity index (χ1) is 11.2. The van der Waals surface area contributed by atoms with Gasteiger partial charge in [-0.3, -0.25) is 0 Å². The third-order valence-electron chi connectivity index (χ3n) is 4.46. The smallest absolute Gasteiger partial charge is 0.218 e. The Morgan fingerprint density at radius 3 is 2.61 bits per heavy atom. The minimum atomic E-state index is -3.46. The molecule has 1 aliphatic rings. The van der Waals surface area contributed by atoms with Crippen LogP contribution in [0.15, 0.2) is 57.1 Å². The van der Waals surface area contributed by atoms with Crippen LogP contribution in [0.4, 0.5) is 0 Å². The number of rotatable bonds is 3. The molecule has 2 aromatic heterocycles. The van der Waals surface area contributed by atoms with Crippen LogP contribution in [0.2, 0.25) is 0 Å². The minimum absolute atomic E-state index is 0.355. The van der Waals surface area contributed by atoms with Gasteiger partial charge in [0.2, 0.25) is 9.84 Å². The Kier molecular flexibility index (Phi) is 3.75. The zero-order chi connectivity index (χ0) is 15.9. The average molecular weight is 346 g/mol. The highest BCUT2D eigenvalue weighted by atomic mass is 32.2. The van der Waals surface area contributed by atoms with Gasteiger partial charge in [-0.05, 0) is 43.4 Å². The molecule has 1 aromatic carbocycles. The van der Waals surface area contributed by atoms with E-state index in [0.717, 1.165) is 36.8 Å². The summed E-state index contributed by atoms with van der Waals surface area (Å²) >= 11 is 1.27. The summed E-state index contributed by atoms with van der Waals surface area (Å²) in [6.45, 7) is 1.95. The molecule has 1 aliphatic heterocycles. The van der Waals surface area contributed by atoms with Crippen molar-refractivity contribution in [1.82, 2.24) is 9.88 Å². The van der Waals surface area contributed by atoms with Crippen molar-refractivity contribution in [3.63, 3.8) is 0 Å². The Morgan fingerprint density at radius 1 is 1.09 bits per heavy atom. The molecule has 0 spiro atoms. The molecule has 1 N–H and O–H groups in total. The molecule has 120 valence electrons. The molecule has 1 saturated heterocycles. The second-order valence-corrected chi connectivity index (χ2v) is 8.93. The molecule has 0 bridgehead atoms. The van der Waals surface area contributed by atoms with Gasteiger partial charge in [0, 0.05) is 23.1 Å². The number of nitrogens with zero attached hydrogens (tertiary/aromatic N) is 1. The molecule has 23 heavy (non-hydrogen) atoms. The first-order valence-electron chi connectivity index (χ1n) is 7.77. The molecule has 0 atom stereocenters. The van der Waals surface area contributed by atoms with E-state index in [1.807, 2.05) is 30.5 Å². The first kappa shape index (κ1) is 14.9. The number of sulfone groups is 1. The van der Waals surface area contributed by atoms with Crippen molar-refractivity contribution in [2.24, 2.45) is 0 Å². The van der Waals surface area contributed by atoms with Gasteiger partial charge in [-0.2, -0.15) is 0 Å². The summed E-state index contributed by atoms with van der Waals surface area (Å²) < 4.78 is 28.6. The molecule has 0 radical (unpaired) electrons. The van der Waals surface area contributed by atoms with Gasteiger partial charge in [0.25, 0.3) is 0 Å². The molecule has 6 heteroatoms. The summed E-state index contributed by atoms with van der Waals surface area (Å²) in [5.41, 5.74) is 1.01. The Hall–Kier alpha value is -1.63. The maximum Gasteiger partial charge on any atom is 0.218 e. The molecule has 1 fully saturated rings. The minimum Gasteiger partial charge on any atom is -0.343 e. The second kappa shape index (κ2) is 5.78. The quantitative estimate of drug-likeness (QED) is 0.790. The topological polar surface area (TPSA) is 51.1 Å². The van der Waals surface area contributed by atoms with Crippen LogP contribution in [0, 0.1) is 0 Å². The summed E-state index contributed by atoms with van der Waals surface area (Å²) in [4.78, 5) is 0.425. The second-order valence-electron chi connectivity index (χ2n) is 5.83. The molecule has 0 amide bonds. The van der Waals surface area contributed by atoms with Crippen LogP contribution in [0.5, 0.6) is 0 Å². The van der Waals surface area contributed by atoms with Gasteiger partial charge >= 0.3 is 0 Å². The van der Waals surface area contributed by atoms with Crippen molar-refractivity contribution < 1.29 is 8.42 Å². The predicted molar refractivity (Wildman–Crippen MR) is 92.8 cm³/mol. The van der Waals surface area contributed by atoms with E-state index in [1.54, 1.807) is 17.5 Å². The summed E-state index contributed by atoms with van der Waals surface area (Å²) in [6.07, 6.45) is 3.89. The van der Waals surface area contributed by atoms with Crippen molar-refractivity contribution in [1.29, 1.82) is 0 Å². The number of fused-ring (bicyclic) bond motifs is 1. The van der Waals surface area contributed by atoms with Crippen LogP contribution in [0.1, 0.15) is 18.9 Å². The van der Waals surface area contributed by atoms with Crippen LogP contribution in [0.25, 0.3) is 10.9 Å². The fourth-order valence-electron chi connectivity index (χ4n) is 3.30. The van der Waals surface area contributed by atoms with Crippen molar-refractivity contribution in [3.05, 3.63) is 48.0 Å². The Morgan fingerprint density at radius 2 is 1.87 bits per heavy atom. The Balaban J connectivity index is 1.91. The van der Waals surface area contributed by atoms with Crippen LogP contribution in [-0.2, 0) is 9.84 Å². The zero-order valence-electron chi connectivity index (χ0n) is 12.6. The number of thiophene rings is 1. The molecule has 0 saturated carbocycles. The van der Waals surface area contributed by atoms with Crippen molar-refractivity contribution in [3.8, 4) is 0 Å². The maximum atomic E-state index is 13.0. The Bertz CT molecular complexity index is 921. The lowest BCUT2D eigenvalue weighted by atomic mass is 10.1. The molecule has 3 aromatic rings. The highest BCUT2D eigenvalue weighted by molar-refractivity contribution is 7.93. The average Bonchev–Trinajstić information content (AvgIpc) is 3.24. The fourth-order valence-corrected chi connectivity index (χ4v) is 5.88. The molecule has 3 heterocycles. The van der Waals surface area contributed by atoms with E-state index >= 15 is 0 Å². The molecule has 4 nitrogen and oxygen atoms in total. The van der Waals surface area contributed by atoms with Crippen LogP contribution in [0.3, 0.4) is 0 Å². The molecule has 4 rings (SSSR count). The van der Waals surface area contributed by atoms with Gasteiger partial charge in [-0.1, -0.05) is 24.3 Å². The summed E-state index contributed by atoms with van der Waals surface area (Å²) in [6, 6.07) is 11.6. The van der Waals surface area contributed by atoms with Gasteiger partial charge in [-0.25, -0.2) is 8.42 Å². The molecular formula is C17H18N2O2S2. The number of hydrogen-bond donors (Lipinski definition) is 1. The SMILES string of the molecule is O=S(=O)(c1cccs1)c1cn(C2CCNCC2)c2ccccc12. The van der Waals surface area contributed by atoms with E-state index in [4.69, 9.17) is 0 Å². The van der Waals surface area contributed by atoms with Gasteiger partial charge in [0.15, 0.2) is 0 Å². The van der Waals surface area contributed by atoms with Gasteiger partial charge in [0.1, 0.15) is 4.21 Å². The van der Waals surface area contributed by atoms with E-state index in [0.29, 0.717) is 15.1 Å². The van der Waals surface area contributed by atoms with Gasteiger partial charge in [-0.15, -0.1) is 11.3 Å². The third kappa shape index (κ3) is 2.51. The lowest BCUT2D eigenvalue weighted by Crippen LogP contribution is -2.29. The van der Waals surface area contributed by atoms with Crippen LogP contribution >= 0.6 is 11.3 Å². The first-order valence-corrected chi connectivity index (χ1v) is 10.1. The van der Waals surface area contributed by atoms with E-state index in [-0.39, 0.29) is 0 Å². The van der Waals surface area contributed by atoms with E-state index < -0.39 is 9.84 Å². The zero-order valence-corrected chi connectivity index (χ0v) is 14.2. The summed E-state index contributed by atoms with van der Waals surface area (Å²) in [5.74, 6) is 0. The number of benzene rings is 1. The predicted octanol–water partition coefficient (Wildman–Crippen LogP) is 3.46. The van der Waals surface area contributed by atoms with E-state index in [1.165, 1.54) is 11.3 Å². The fraction of sp³-hybridized carbons (Fsp3) is 0.294. The number of aromatic nitrogens is 1. The third-order valence-corrected chi connectivity index (χ3v) is 7.63. The molecule has 0 unspecified atom stereocenters. The maximum absolute atomic E-state index is 13.0. The lowest BCUT2D eigenvalue weighted by Gasteiger charge is -2.25. The largest absolute Gasteiger partial charge is 0.343 e. The molecular weight excluding hydrogens is 328 g/mol.